The molecule has 0 spiro atoms. The number of aromatic amines is 1. The van der Waals surface area contributed by atoms with Crippen LogP contribution < -0.4 is 10.3 Å². The van der Waals surface area contributed by atoms with Crippen LogP contribution in [-0.2, 0) is 0 Å². The maximum atomic E-state index is 9.31. The van der Waals surface area contributed by atoms with Crippen LogP contribution in [0.1, 0.15) is 5.82 Å². The zero-order chi connectivity index (χ0) is 16.2. The molecular formula is C17H16N6. The van der Waals surface area contributed by atoms with Gasteiger partial charge in [-0.3, -0.25) is 5.43 Å². The van der Waals surface area contributed by atoms with Gasteiger partial charge in [0.2, 0.25) is 5.71 Å². The van der Waals surface area contributed by atoms with Crippen molar-refractivity contribution in [2.24, 2.45) is 5.10 Å². The molecule has 23 heavy (non-hydrogen) atoms. The highest BCUT2D eigenvalue weighted by Gasteiger charge is 2.09. The lowest BCUT2D eigenvalue weighted by Crippen LogP contribution is -2.08. The average molecular weight is 304 g/mol. The SMILES string of the molecule is CN(C)c1ccc(N/N=C(/C#N)c2nc3ccccc3[nH]2)cc1. The molecule has 0 aliphatic carbocycles. The predicted molar refractivity (Wildman–Crippen MR) is 92.6 cm³/mol. The third kappa shape index (κ3) is 3.14. The number of benzene rings is 2. The number of anilines is 2. The first kappa shape index (κ1) is 14.6. The monoisotopic (exact) mass is 304 g/mol. The zero-order valence-corrected chi connectivity index (χ0v) is 12.9. The van der Waals surface area contributed by atoms with E-state index in [2.05, 4.69) is 26.6 Å². The molecule has 0 radical (unpaired) electrons. The maximum absolute atomic E-state index is 9.31. The zero-order valence-electron chi connectivity index (χ0n) is 12.9. The first-order valence-corrected chi connectivity index (χ1v) is 7.13. The Morgan fingerprint density at radius 1 is 1.17 bits per heavy atom. The molecule has 0 saturated heterocycles. The Morgan fingerprint density at radius 3 is 2.57 bits per heavy atom. The Morgan fingerprint density at radius 2 is 1.91 bits per heavy atom. The molecule has 2 aromatic carbocycles. The summed E-state index contributed by atoms with van der Waals surface area (Å²) in [4.78, 5) is 9.49. The van der Waals surface area contributed by atoms with E-state index < -0.39 is 0 Å². The molecule has 3 rings (SSSR count). The van der Waals surface area contributed by atoms with Crippen molar-refractivity contribution >= 4 is 28.1 Å². The van der Waals surface area contributed by atoms with E-state index in [0.717, 1.165) is 22.4 Å². The largest absolute Gasteiger partial charge is 0.378 e. The highest BCUT2D eigenvalue weighted by Crippen LogP contribution is 2.16. The summed E-state index contributed by atoms with van der Waals surface area (Å²) in [5.74, 6) is 0.450. The summed E-state index contributed by atoms with van der Waals surface area (Å²) in [5.41, 5.74) is 6.68. The van der Waals surface area contributed by atoms with E-state index in [4.69, 9.17) is 0 Å². The topological polar surface area (TPSA) is 80.1 Å². The van der Waals surface area contributed by atoms with Crippen LogP contribution in [0, 0.1) is 11.3 Å². The van der Waals surface area contributed by atoms with Crippen LogP contribution in [-0.4, -0.2) is 29.8 Å². The number of aromatic nitrogens is 2. The molecular weight excluding hydrogens is 288 g/mol. The van der Waals surface area contributed by atoms with Crippen molar-refractivity contribution < 1.29 is 0 Å². The third-order valence-corrected chi connectivity index (χ3v) is 3.40. The summed E-state index contributed by atoms with van der Waals surface area (Å²) in [6, 6.07) is 17.5. The summed E-state index contributed by atoms with van der Waals surface area (Å²) in [6.45, 7) is 0. The Balaban J connectivity index is 1.83. The molecule has 0 aliphatic rings. The Hall–Kier alpha value is -3.33. The van der Waals surface area contributed by atoms with Gasteiger partial charge in [0, 0.05) is 19.8 Å². The first-order chi connectivity index (χ1) is 11.2. The Bertz CT molecular complexity index is 850. The molecule has 0 bridgehead atoms. The van der Waals surface area contributed by atoms with Gasteiger partial charge in [-0.25, -0.2) is 4.98 Å². The molecule has 0 amide bonds. The van der Waals surface area contributed by atoms with Gasteiger partial charge in [0.25, 0.3) is 0 Å². The first-order valence-electron chi connectivity index (χ1n) is 7.13. The fourth-order valence-corrected chi connectivity index (χ4v) is 2.15. The number of para-hydroxylation sites is 2. The smallest absolute Gasteiger partial charge is 0.203 e. The minimum absolute atomic E-state index is 0.206. The number of nitriles is 1. The number of imidazole rings is 1. The van der Waals surface area contributed by atoms with E-state index in [0.29, 0.717) is 5.82 Å². The second kappa shape index (κ2) is 6.20. The van der Waals surface area contributed by atoms with Crippen LogP contribution in [0.3, 0.4) is 0 Å². The van der Waals surface area contributed by atoms with E-state index in [9.17, 15) is 5.26 Å². The Kier molecular flexibility index (Phi) is 3.93. The summed E-state index contributed by atoms with van der Waals surface area (Å²) in [6.07, 6.45) is 0. The van der Waals surface area contributed by atoms with Crippen molar-refractivity contribution in [3.8, 4) is 6.07 Å². The maximum Gasteiger partial charge on any atom is 0.203 e. The van der Waals surface area contributed by atoms with Gasteiger partial charge in [-0.2, -0.15) is 10.4 Å². The molecule has 114 valence electrons. The average Bonchev–Trinajstić information content (AvgIpc) is 2.99. The highest BCUT2D eigenvalue weighted by atomic mass is 15.3. The second-order valence-electron chi connectivity index (χ2n) is 5.23. The number of hydrazone groups is 1. The van der Waals surface area contributed by atoms with Crippen molar-refractivity contribution in [1.82, 2.24) is 9.97 Å². The van der Waals surface area contributed by atoms with E-state index >= 15 is 0 Å². The number of nitrogens with one attached hydrogen (secondary N) is 2. The molecule has 1 heterocycles. The van der Waals surface area contributed by atoms with Crippen LogP contribution in [0.25, 0.3) is 11.0 Å². The summed E-state index contributed by atoms with van der Waals surface area (Å²) >= 11 is 0. The van der Waals surface area contributed by atoms with Crippen molar-refractivity contribution in [2.45, 2.75) is 0 Å². The summed E-state index contributed by atoms with van der Waals surface area (Å²) < 4.78 is 0. The molecule has 6 heteroatoms. The van der Waals surface area contributed by atoms with Crippen LogP contribution in [0.4, 0.5) is 11.4 Å². The lowest BCUT2D eigenvalue weighted by atomic mass is 10.3. The third-order valence-electron chi connectivity index (χ3n) is 3.40. The van der Waals surface area contributed by atoms with Crippen LogP contribution in [0.2, 0.25) is 0 Å². The van der Waals surface area contributed by atoms with Gasteiger partial charge >= 0.3 is 0 Å². The van der Waals surface area contributed by atoms with Gasteiger partial charge in [-0.1, -0.05) is 12.1 Å². The molecule has 0 aliphatic heterocycles. The van der Waals surface area contributed by atoms with Crippen LogP contribution in [0.5, 0.6) is 0 Å². The number of nitrogens with zero attached hydrogens (tertiary/aromatic N) is 4. The molecule has 3 aromatic rings. The van der Waals surface area contributed by atoms with Gasteiger partial charge in [0.05, 0.1) is 16.7 Å². The molecule has 0 fully saturated rings. The second-order valence-corrected chi connectivity index (χ2v) is 5.23. The molecule has 1 aromatic heterocycles. The lowest BCUT2D eigenvalue weighted by molar-refractivity contribution is 1.13. The van der Waals surface area contributed by atoms with Gasteiger partial charge in [0.1, 0.15) is 6.07 Å². The summed E-state index contributed by atoms with van der Waals surface area (Å²) in [5, 5.41) is 13.5. The molecule has 0 atom stereocenters. The van der Waals surface area contributed by atoms with Crippen molar-refractivity contribution in [2.75, 3.05) is 24.4 Å². The molecule has 0 saturated carbocycles. The molecule has 6 nitrogen and oxygen atoms in total. The van der Waals surface area contributed by atoms with Gasteiger partial charge in [-0.05, 0) is 36.4 Å². The normalized spacial score (nSPS) is 11.3. The number of rotatable bonds is 4. The number of hydrogen-bond acceptors (Lipinski definition) is 5. The Labute approximate surface area is 134 Å². The van der Waals surface area contributed by atoms with E-state index in [1.165, 1.54) is 0 Å². The minimum atomic E-state index is 0.206. The number of H-pyrrole nitrogens is 1. The van der Waals surface area contributed by atoms with Crippen LogP contribution in [0.15, 0.2) is 53.6 Å². The van der Waals surface area contributed by atoms with Crippen molar-refractivity contribution in [1.29, 1.82) is 5.26 Å². The van der Waals surface area contributed by atoms with Gasteiger partial charge < -0.3 is 9.88 Å². The van der Waals surface area contributed by atoms with Gasteiger partial charge in [0.15, 0.2) is 5.82 Å². The quantitative estimate of drug-likeness (QED) is 0.573. The predicted octanol–water partition coefficient (Wildman–Crippen LogP) is 2.97. The van der Waals surface area contributed by atoms with E-state index in [-0.39, 0.29) is 5.71 Å². The number of fused-ring (bicyclic) bond motifs is 1. The molecule has 0 unspecified atom stereocenters. The van der Waals surface area contributed by atoms with Crippen molar-refractivity contribution in [3.63, 3.8) is 0 Å². The lowest BCUT2D eigenvalue weighted by Gasteiger charge is -2.12. The standard InChI is InChI=1S/C17H16N6/c1-23(2)13-9-7-12(8-10-13)21-22-16(11-18)17-19-14-5-3-4-6-15(14)20-17/h3-10,21H,1-2H3,(H,19,20)/b22-16-. The summed E-state index contributed by atoms with van der Waals surface area (Å²) in [7, 11) is 3.96. The van der Waals surface area contributed by atoms with E-state index in [1.54, 1.807) is 0 Å². The van der Waals surface area contributed by atoms with E-state index in [1.807, 2.05) is 67.5 Å². The highest BCUT2D eigenvalue weighted by molar-refractivity contribution is 6.10. The van der Waals surface area contributed by atoms with Gasteiger partial charge in [-0.15, -0.1) is 0 Å². The fourth-order valence-electron chi connectivity index (χ4n) is 2.15. The number of hydrogen-bond donors (Lipinski definition) is 2. The van der Waals surface area contributed by atoms with Crippen molar-refractivity contribution in [3.05, 3.63) is 54.4 Å². The van der Waals surface area contributed by atoms with Crippen LogP contribution >= 0.6 is 0 Å². The molecule has 2 N–H and O–H groups in total. The fraction of sp³-hybridized carbons (Fsp3) is 0.118. The minimum Gasteiger partial charge on any atom is -0.378 e.